The SMILES string of the molecule is CCOc1cccc(C)c1-n1nc2c(c1-c1ccc(N)cc1)CN(c1ccccc1C(C)C)CC2. The van der Waals surface area contributed by atoms with Crippen molar-refractivity contribution in [3.05, 3.63) is 89.1 Å². The Hall–Kier alpha value is -3.73. The summed E-state index contributed by atoms with van der Waals surface area (Å²) in [4.78, 5) is 2.51. The van der Waals surface area contributed by atoms with E-state index in [1.807, 2.05) is 31.2 Å². The molecule has 5 rings (SSSR count). The van der Waals surface area contributed by atoms with Gasteiger partial charge in [-0.1, -0.05) is 56.3 Å². The van der Waals surface area contributed by atoms with Gasteiger partial charge in [0.1, 0.15) is 11.4 Å². The normalized spacial score (nSPS) is 13.2. The highest BCUT2D eigenvalue weighted by molar-refractivity contribution is 5.72. The third-order valence-corrected chi connectivity index (χ3v) is 6.83. The lowest BCUT2D eigenvalue weighted by Gasteiger charge is -2.31. The van der Waals surface area contributed by atoms with Crippen LogP contribution in [0.4, 0.5) is 11.4 Å². The molecule has 1 aliphatic heterocycles. The van der Waals surface area contributed by atoms with Crippen molar-refractivity contribution in [1.82, 2.24) is 9.78 Å². The van der Waals surface area contributed by atoms with E-state index in [4.69, 9.17) is 15.6 Å². The van der Waals surface area contributed by atoms with Gasteiger partial charge in [-0.15, -0.1) is 0 Å². The molecule has 1 aromatic heterocycles. The maximum Gasteiger partial charge on any atom is 0.145 e. The Kier molecular flexibility index (Phi) is 6.25. The van der Waals surface area contributed by atoms with Crippen LogP contribution >= 0.6 is 0 Å². The molecule has 0 bridgehead atoms. The van der Waals surface area contributed by atoms with E-state index in [0.29, 0.717) is 12.5 Å². The van der Waals surface area contributed by atoms with Crippen LogP contribution in [0.2, 0.25) is 0 Å². The van der Waals surface area contributed by atoms with Gasteiger partial charge in [0.05, 0.1) is 18.0 Å². The van der Waals surface area contributed by atoms with Crippen molar-refractivity contribution in [2.75, 3.05) is 23.8 Å². The van der Waals surface area contributed by atoms with E-state index >= 15 is 0 Å². The molecule has 180 valence electrons. The Balaban J connectivity index is 1.69. The number of benzene rings is 3. The smallest absolute Gasteiger partial charge is 0.145 e. The first kappa shape index (κ1) is 23.0. The molecule has 0 fully saturated rings. The van der Waals surface area contributed by atoms with Crippen molar-refractivity contribution < 1.29 is 4.74 Å². The number of aromatic nitrogens is 2. The van der Waals surface area contributed by atoms with E-state index in [-0.39, 0.29) is 0 Å². The fourth-order valence-corrected chi connectivity index (χ4v) is 5.12. The molecule has 0 atom stereocenters. The second kappa shape index (κ2) is 9.49. The fourth-order valence-electron chi connectivity index (χ4n) is 5.12. The lowest BCUT2D eigenvalue weighted by molar-refractivity contribution is 0.338. The number of ether oxygens (including phenoxy) is 1. The van der Waals surface area contributed by atoms with Crippen LogP contribution in [0, 0.1) is 6.92 Å². The van der Waals surface area contributed by atoms with E-state index in [1.54, 1.807) is 0 Å². The third-order valence-electron chi connectivity index (χ3n) is 6.83. The molecule has 4 aromatic rings. The van der Waals surface area contributed by atoms with E-state index in [0.717, 1.165) is 59.1 Å². The van der Waals surface area contributed by atoms with Crippen LogP contribution in [0.3, 0.4) is 0 Å². The molecule has 2 N–H and O–H groups in total. The van der Waals surface area contributed by atoms with Crippen LogP contribution in [0.1, 0.15) is 49.1 Å². The van der Waals surface area contributed by atoms with Gasteiger partial charge in [-0.3, -0.25) is 0 Å². The molecule has 0 aliphatic carbocycles. The Morgan fingerprint density at radius 2 is 1.77 bits per heavy atom. The predicted molar refractivity (Wildman–Crippen MR) is 145 cm³/mol. The first-order valence-corrected chi connectivity index (χ1v) is 12.5. The molecule has 2 heterocycles. The minimum absolute atomic E-state index is 0.465. The summed E-state index contributed by atoms with van der Waals surface area (Å²) >= 11 is 0. The summed E-state index contributed by atoms with van der Waals surface area (Å²) in [6, 6.07) is 23.1. The zero-order valence-corrected chi connectivity index (χ0v) is 21.1. The minimum Gasteiger partial charge on any atom is -0.492 e. The first-order chi connectivity index (χ1) is 17.0. The molecule has 3 aromatic carbocycles. The molecule has 0 radical (unpaired) electrons. The number of rotatable bonds is 6. The van der Waals surface area contributed by atoms with Gasteiger partial charge in [-0.05, 0) is 55.2 Å². The van der Waals surface area contributed by atoms with Crippen LogP contribution < -0.4 is 15.4 Å². The van der Waals surface area contributed by atoms with Crippen molar-refractivity contribution in [2.45, 2.75) is 46.6 Å². The van der Waals surface area contributed by atoms with Crippen molar-refractivity contribution in [2.24, 2.45) is 0 Å². The fraction of sp³-hybridized carbons (Fsp3) is 0.300. The number of fused-ring (bicyclic) bond motifs is 1. The summed E-state index contributed by atoms with van der Waals surface area (Å²) < 4.78 is 8.16. The van der Waals surface area contributed by atoms with Gasteiger partial charge in [0.15, 0.2) is 0 Å². The molecule has 0 amide bonds. The van der Waals surface area contributed by atoms with E-state index in [9.17, 15) is 0 Å². The van der Waals surface area contributed by atoms with Gasteiger partial charge >= 0.3 is 0 Å². The summed E-state index contributed by atoms with van der Waals surface area (Å²) in [7, 11) is 0. The molecule has 0 saturated heterocycles. The van der Waals surface area contributed by atoms with Crippen molar-refractivity contribution in [1.29, 1.82) is 0 Å². The molecule has 5 nitrogen and oxygen atoms in total. The number of para-hydroxylation sites is 2. The van der Waals surface area contributed by atoms with E-state index in [2.05, 4.69) is 72.8 Å². The van der Waals surface area contributed by atoms with Crippen LogP contribution in [-0.4, -0.2) is 22.9 Å². The van der Waals surface area contributed by atoms with Crippen LogP contribution in [-0.2, 0) is 13.0 Å². The Bertz CT molecular complexity index is 1340. The van der Waals surface area contributed by atoms with Crippen molar-refractivity contribution >= 4 is 11.4 Å². The summed E-state index contributed by atoms with van der Waals surface area (Å²) in [5, 5.41) is 5.19. The van der Waals surface area contributed by atoms with Gasteiger partial charge < -0.3 is 15.4 Å². The standard InChI is InChI=1S/C30H34N4O/c1-5-35-28-12-8-9-21(4)29(28)34-30(22-13-15-23(31)16-14-22)25-19-33(18-17-26(25)32-34)27-11-7-6-10-24(27)20(2)3/h6-16,20H,5,17-19,31H2,1-4H3. The molecular formula is C30H34N4O. The topological polar surface area (TPSA) is 56.3 Å². The Labute approximate surface area is 208 Å². The summed E-state index contributed by atoms with van der Waals surface area (Å²) in [5.41, 5.74) is 16.3. The summed E-state index contributed by atoms with van der Waals surface area (Å²) in [5.74, 6) is 1.32. The van der Waals surface area contributed by atoms with E-state index in [1.165, 1.54) is 16.8 Å². The molecule has 0 unspecified atom stereocenters. The number of aryl methyl sites for hydroxylation is 1. The first-order valence-electron chi connectivity index (χ1n) is 12.5. The third kappa shape index (κ3) is 4.27. The molecule has 5 heteroatoms. The lowest BCUT2D eigenvalue weighted by Crippen LogP contribution is -2.31. The van der Waals surface area contributed by atoms with Gasteiger partial charge in [-0.25, -0.2) is 4.68 Å². The monoisotopic (exact) mass is 466 g/mol. The number of hydrogen-bond acceptors (Lipinski definition) is 4. The maximum atomic E-state index is 6.06. The molecular weight excluding hydrogens is 432 g/mol. The highest BCUT2D eigenvalue weighted by Gasteiger charge is 2.29. The molecule has 0 saturated carbocycles. The second-order valence-corrected chi connectivity index (χ2v) is 9.55. The zero-order valence-electron chi connectivity index (χ0n) is 21.1. The van der Waals surface area contributed by atoms with E-state index < -0.39 is 0 Å². The van der Waals surface area contributed by atoms with Gasteiger partial charge in [-0.2, -0.15) is 5.10 Å². The highest BCUT2D eigenvalue weighted by Crippen LogP contribution is 2.39. The quantitative estimate of drug-likeness (QED) is 0.329. The second-order valence-electron chi connectivity index (χ2n) is 9.55. The zero-order chi connectivity index (χ0) is 24.5. The summed E-state index contributed by atoms with van der Waals surface area (Å²) in [6.45, 7) is 11.0. The molecule has 1 aliphatic rings. The van der Waals surface area contributed by atoms with Crippen molar-refractivity contribution in [3.63, 3.8) is 0 Å². The van der Waals surface area contributed by atoms with Gasteiger partial charge in [0.2, 0.25) is 0 Å². The lowest BCUT2D eigenvalue weighted by atomic mass is 9.96. The van der Waals surface area contributed by atoms with Crippen molar-refractivity contribution in [3.8, 4) is 22.7 Å². The maximum absolute atomic E-state index is 6.06. The molecule has 0 spiro atoms. The predicted octanol–water partition coefficient (Wildman–Crippen LogP) is 6.51. The Morgan fingerprint density at radius 1 is 1.00 bits per heavy atom. The minimum atomic E-state index is 0.465. The number of anilines is 2. The largest absolute Gasteiger partial charge is 0.492 e. The van der Waals surface area contributed by atoms with Crippen LogP contribution in [0.5, 0.6) is 5.75 Å². The molecule has 35 heavy (non-hydrogen) atoms. The number of hydrogen-bond donors (Lipinski definition) is 1. The highest BCUT2D eigenvalue weighted by atomic mass is 16.5. The average molecular weight is 467 g/mol. The van der Waals surface area contributed by atoms with Crippen LogP contribution in [0.15, 0.2) is 66.7 Å². The summed E-state index contributed by atoms with van der Waals surface area (Å²) in [6.07, 6.45) is 0.895. The number of nitrogens with zero attached hydrogens (tertiary/aromatic N) is 3. The average Bonchev–Trinajstić information content (AvgIpc) is 3.23. The number of nitrogen functional groups attached to an aromatic ring is 1. The van der Waals surface area contributed by atoms with Crippen LogP contribution in [0.25, 0.3) is 16.9 Å². The van der Waals surface area contributed by atoms with Gasteiger partial charge in [0, 0.05) is 42.0 Å². The Morgan fingerprint density at radius 3 is 2.51 bits per heavy atom. The van der Waals surface area contributed by atoms with Gasteiger partial charge in [0.25, 0.3) is 0 Å². The number of nitrogens with two attached hydrogens (primary N) is 1.